The summed E-state index contributed by atoms with van der Waals surface area (Å²) >= 11 is 0. The number of aromatic nitrogens is 1. The van der Waals surface area contributed by atoms with Crippen molar-refractivity contribution in [3.8, 4) is 0 Å². The van der Waals surface area contributed by atoms with Crippen LogP contribution in [0.15, 0.2) is 30.5 Å². The van der Waals surface area contributed by atoms with E-state index < -0.39 is 30.1 Å². The molecule has 2 aromatic rings. The van der Waals surface area contributed by atoms with E-state index in [0.29, 0.717) is 6.42 Å². The monoisotopic (exact) mass is 323 g/mol. The van der Waals surface area contributed by atoms with Crippen molar-refractivity contribution < 1.29 is 24.9 Å². The van der Waals surface area contributed by atoms with Crippen molar-refractivity contribution in [2.24, 2.45) is 11.5 Å². The highest BCUT2D eigenvalue weighted by Gasteiger charge is 2.16. The molecular formula is C15H21N3O5. The van der Waals surface area contributed by atoms with Gasteiger partial charge in [0, 0.05) is 23.5 Å². The highest BCUT2D eigenvalue weighted by atomic mass is 16.4. The zero-order valence-corrected chi connectivity index (χ0v) is 12.6. The van der Waals surface area contributed by atoms with Crippen molar-refractivity contribution in [2.75, 3.05) is 0 Å². The van der Waals surface area contributed by atoms with Gasteiger partial charge in [-0.15, -0.1) is 0 Å². The van der Waals surface area contributed by atoms with Crippen LogP contribution in [0.4, 0.5) is 0 Å². The first-order chi connectivity index (χ1) is 10.7. The third-order valence-electron chi connectivity index (χ3n) is 3.24. The van der Waals surface area contributed by atoms with Crippen LogP contribution >= 0.6 is 0 Å². The van der Waals surface area contributed by atoms with Gasteiger partial charge in [-0.2, -0.15) is 0 Å². The SMILES string of the molecule is CC(O)C(N)C(=O)O.NC(Cc1c[nH]c2ccccc12)C(=O)O. The van der Waals surface area contributed by atoms with Crippen LogP contribution in [0.3, 0.4) is 0 Å². The fraction of sp³-hybridized carbons (Fsp3) is 0.333. The second-order valence-corrected chi connectivity index (χ2v) is 5.11. The van der Waals surface area contributed by atoms with E-state index in [-0.39, 0.29) is 0 Å². The molecule has 0 aliphatic heterocycles. The largest absolute Gasteiger partial charge is 0.480 e. The summed E-state index contributed by atoms with van der Waals surface area (Å²) in [5.41, 5.74) is 12.3. The number of aliphatic carboxylic acids is 2. The summed E-state index contributed by atoms with van der Waals surface area (Å²) in [6.45, 7) is 1.33. The number of carboxylic acid groups (broad SMARTS) is 2. The van der Waals surface area contributed by atoms with E-state index in [0.717, 1.165) is 16.5 Å². The Kier molecular flexibility index (Phi) is 6.70. The zero-order chi connectivity index (χ0) is 17.6. The Labute approximate surface area is 132 Å². The molecule has 2 rings (SSSR count). The van der Waals surface area contributed by atoms with E-state index in [2.05, 4.69) is 4.98 Å². The second kappa shape index (κ2) is 8.28. The molecule has 0 bridgehead atoms. The molecule has 0 aliphatic carbocycles. The Morgan fingerprint density at radius 2 is 1.78 bits per heavy atom. The van der Waals surface area contributed by atoms with Gasteiger partial charge in [0.2, 0.25) is 0 Å². The van der Waals surface area contributed by atoms with Crippen LogP contribution in [0, 0.1) is 0 Å². The Morgan fingerprint density at radius 3 is 2.26 bits per heavy atom. The van der Waals surface area contributed by atoms with Crippen molar-refractivity contribution in [3.05, 3.63) is 36.0 Å². The van der Waals surface area contributed by atoms with E-state index >= 15 is 0 Å². The molecule has 1 aromatic carbocycles. The highest BCUT2D eigenvalue weighted by molar-refractivity contribution is 5.84. The molecule has 1 aromatic heterocycles. The minimum absolute atomic E-state index is 0.347. The number of nitrogens with one attached hydrogen (secondary N) is 1. The predicted molar refractivity (Wildman–Crippen MR) is 84.9 cm³/mol. The van der Waals surface area contributed by atoms with Crippen molar-refractivity contribution in [1.29, 1.82) is 0 Å². The molecule has 8 N–H and O–H groups in total. The first kappa shape index (κ1) is 18.6. The van der Waals surface area contributed by atoms with Crippen molar-refractivity contribution >= 4 is 22.8 Å². The maximum Gasteiger partial charge on any atom is 0.323 e. The van der Waals surface area contributed by atoms with Gasteiger partial charge in [0.15, 0.2) is 0 Å². The van der Waals surface area contributed by atoms with Crippen LogP contribution < -0.4 is 11.5 Å². The van der Waals surface area contributed by atoms with E-state index in [1.165, 1.54) is 6.92 Å². The molecule has 0 saturated carbocycles. The smallest absolute Gasteiger partial charge is 0.323 e. The number of aliphatic hydroxyl groups is 1. The summed E-state index contributed by atoms with van der Waals surface area (Å²) in [6, 6.07) is 5.76. The number of benzene rings is 1. The number of nitrogens with two attached hydrogens (primary N) is 2. The first-order valence-electron chi connectivity index (χ1n) is 6.93. The third kappa shape index (κ3) is 5.37. The molecule has 0 amide bonds. The molecule has 0 fully saturated rings. The van der Waals surface area contributed by atoms with Gasteiger partial charge in [0.1, 0.15) is 12.1 Å². The number of hydrogen-bond donors (Lipinski definition) is 6. The van der Waals surface area contributed by atoms with Crippen LogP contribution in [-0.2, 0) is 16.0 Å². The number of para-hydroxylation sites is 1. The lowest BCUT2D eigenvalue weighted by Gasteiger charge is -2.06. The summed E-state index contributed by atoms with van der Waals surface area (Å²) < 4.78 is 0. The fourth-order valence-electron chi connectivity index (χ4n) is 1.83. The van der Waals surface area contributed by atoms with Gasteiger partial charge in [0.25, 0.3) is 0 Å². The number of hydrogen-bond acceptors (Lipinski definition) is 5. The number of aliphatic hydroxyl groups excluding tert-OH is 1. The van der Waals surface area contributed by atoms with Crippen molar-refractivity contribution in [1.82, 2.24) is 4.98 Å². The summed E-state index contributed by atoms with van der Waals surface area (Å²) in [6.07, 6.45) is 1.18. The summed E-state index contributed by atoms with van der Waals surface area (Å²) in [5, 5.41) is 26.3. The average Bonchev–Trinajstić information content (AvgIpc) is 2.90. The van der Waals surface area contributed by atoms with Crippen LogP contribution in [0.2, 0.25) is 0 Å². The normalized spacial score (nSPS) is 14.4. The lowest BCUT2D eigenvalue weighted by Crippen LogP contribution is -2.39. The zero-order valence-electron chi connectivity index (χ0n) is 12.6. The molecule has 126 valence electrons. The molecular weight excluding hydrogens is 302 g/mol. The molecule has 0 aliphatic rings. The van der Waals surface area contributed by atoms with Gasteiger partial charge in [-0.3, -0.25) is 9.59 Å². The maximum absolute atomic E-state index is 10.6. The molecule has 23 heavy (non-hydrogen) atoms. The van der Waals surface area contributed by atoms with E-state index in [1.807, 2.05) is 30.5 Å². The quantitative estimate of drug-likeness (QED) is 0.447. The number of carbonyl (C=O) groups is 2. The Morgan fingerprint density at radius 1 is 1.17 bits per heavy atom. The molecule has 0 radical (unpaired) electrons. The molecule has 3 unspecified atom stereocenters. The molecule has 8 nitrogen and oxygen atoms in total. The summed E-state index contributed by atoms with van der Waals surface area (Å²) in [4.78, 5) is 23.6. The highest BCUT2D eigenvalue weighted by Crippen LogP contribution is 2.18. The molecule has 0 spiro atoms. The molecule has 1 heterocycles. The van der Waals surface area contributed by atoms with E-state index in [9.17, 15) is 9.59 Å². The van der Waals surface area contributed by atoms with Gasteiger partial charge in [-0.25, -0.2) is 0 Å². The van der Waals surface area contributed by atoms with Crippen LogP contribution in [0.1, 0.15) is 12.5 Å². The molecule has 8 heteroatoms. The topological polar surface area (TPSA) is 163 Å². The van der Waals surface area contributed by atoms with E-state index in [4.69, 9.17) is 26.8 Å². The second-order valence-electron chi connectivity index (χ2n) is 5.11. The van der Waals surface area contributed by atoms with Gasteiger partial charge >= 0.3 is 11.9 Å². The average molecular weight is 323 g/mol. The molecule has 3 atom stereocenters. The maximum atomic E-state index is 10.6. The van der Waals surface area contributed by atoms with Gasteiger partial charge in [-0.05, 0) is 18.6 Å². The predicted octanol–water partition coefficient (Wildman–Crippen LogP) is -0.0986. The van der Waals surface area contributed by atoms with Gasteiger partial charge < -0.3 is 31.8 Å². The third-order valence-corrected chi connectivity index (χ3v) is 3.24. The van der Waals surface area contributed by atoms with Crippen LogP contribution in [-0.4, -0.2) is 50.4 Å². The Bertz CT molecular complexity index is 668. The lowest BCUT2D eigenvalue weighted by atomic mass is 10.1. The fourth-order valence-corrected chi connectivity index (χ4v) is 1.83. The van der Waals surface area contributed by atoms with Gasteiger partial charge in [-0.1, -0.05) is 18.2 Å². The Balaban J connectivity index is 0.000000284. The number of carboxylic acids is 2. The van der Waals surface area contributed by atoms with E-state index in [1.54, 1.807) is 0 Å². The Hall–Kier alpha value is -2.42. The lowest BCUT2D eigenvalue weighted by molar-refractivity contribution is -0.141. The van der Waals surface area contributed by atoms with Crippen LogP contribution in [0.5, 0.6) is 0 Å². The number of rotatable bonds is 5. The number of H-pyrrole nitrogens is 1. The minimum Gasteiger partial charge on any atom is -0.480 e. The first-order valence-corrected chi connectivity index (χ1v) is 6.93. The van der Waals surface area contributed by atoms with Crippen molar-refractivity contribution in [2.45, 2.75) is 31.5 Å². The molecule has 0 saturated heterocycles. The van der Waals surface area contributed by atoms with Crippen LogP contribution in [0.25, 0.3) is 10.9 Å². The number of fused-ring (bicyclic) bond motifs is 1. The van der Waals surface area contributed by atoms with Crippen molar-refractivity contribution in [3.63, 3.8) is 0 Å². The van der Waals surface area contributed by atoms with Gasteiger partial charge in [0.05, 0.1) is 6.10 Å². The summed E-state index contributed by atoms with van der Waals surface area (Å²) in [5.74, 6) is -2.15. The summed E-state index contributed by atoms with van der Waals surface area (Å²) in [7, 11) is 0. The number of aromatic amines is 1. The standard InChI is InChI=1S/C11H12N2O2.C4H9NO3/c12-9(11(14)15)5-7-6-13-10-4-2-1-3-8(7)10;1-2(6)3(5)4(7)8/h1-4,6,9,13H,5,12H2,(H,14,15);2-3,6H,5H2,1H3,(H,7,8). The minimum atomic E-state index is -1.18.